The molecule has 12 unspecified atom stereocenters. The van der Waals surface area contributed by atoms with Crippen molar-refractivity contribution in [1.82, 2.24) is 5.32 Å². The average Bonchev–Trinajstić information content (AvgIpc) is 0.805. The van der Waals surface area contributed by atoms with Crippen LogP contribution in [0.3, 0.4) is 0 Å². The van der Waals surface area contributed by atoms with Crippen LogP contribution < -0.4 is 5.32 Å². The maximum absolute atomic E-state index is 13.6. The predicted molar refractivity (Wildman–Crippen MR) is 389 cm³/mol. The minimum Gasteiger partial charge on any atom is -0.394 e. The highest BCUT2D eigenvalue weighted by Gasteiger charge is 2.47. The van der Waals surface area contributed by atoms with E-state index in [1.54, 1.807) is 13.8 Å². The lowest BCUT2D eigenvalue weighted by Crippen LogP contribution is -2.64. The van der Waals surface area contributed by atoms with Gasteiger partial charge in [0.1, 0.15) is 54.4 Å². The molecule has 39 nitrogen and oxygen atoms in total. The lowest BCUT2D eigenvalue weighted by atomic mass is 9.92. The lowest BCUT2D eigenvalue weighted by molar-refractivity contribution is -0.282. The number of hydrogen-bond donors (Lipinski definition) is 14. The Balaban J connectivity index is 1.61. The number of carbonyl (C=O) groups is 1. The highest BCUT2D eigenvalue weighted by Crippen LogP contribution is 2.47. The van der Waals surface area contributed by atoms with Gasteiger partial charge in [0.25, 0.3) is 0 Å². The number of amides is 1. The molecule has 3 aliphatic rings. The van der Waals surface area contributed by atoms with Gasteiger partial charge in [0.05, 0.1) is 117 Å². The number of hydrogen-bond acceptors (Lipinski definition) is 34. The summed E-state index contributed by atoms with van der Waals surface area (Å²) in [6, 6.07) is -1.10. The SMILES string of the molecule is CCC(COCCCOC(C)C)COCCCOP(=O)(O)OCC(COCCCOP(=O)(O)OCCCCCCO[C@@H]1OC(CO)[C@H](O)[C@H](O)C1C)(COCCCOP(=O)(O)OCCCCCCO[C@@H]1OC(CO)[C@H](O)[C@H](O)C1NC(C)=O)OCCCOP(=O)(O)OCCCCCCO[C@@H]1OC(CO)[C@H](O)[C@H](O)C1C. The highest BCUT2D eigenvalue weighted by molar-refractivity contribution is 7.48. The molecule has 110 heavy (non-hydrogen) atoms. The monoisotopic (exact) mass is 1680 g/mol. The number of phosphoric ester groups is 4. The first-order chi connectivity index (χ1) is 52.3. The fraction of sp³-hybridized carbons (Fsp3) is 0.985. The van der Waals surface area contributed by atoms with Crippen LogP contribution in [0, 0.1) is 17.8 Å². The molecule has 3 aliphatic heterocycles. The molecule has 0 saturated carbocycles. The summed E-state index contributed by atoms with van der Waals surface area (Å²) in [4.78, 5) is 54.2. The third-order valence-electron chi connectivity index (χ3n) is 17.8. The van der Waals surface area contributed by atoms with Crippen molar-refractivity contribution in [2.45, 2.75) is 249 Å². The Hall–Kier alpha value is -0.930. The number of phosphoric acid groups is 4. The molecule has 3 rings (SSSR count). The van der Waals surface area contributed by atoms with Gasteiger partial charge in [-0.05, 0) is 90.9 Å². The topological polar surface area (TPSA) is 545 Å². The molecule has 0 spiro atoms. The van der Waals surface area contributed by atoms with Crippen LogP contribution in [-0.4, -0.2) is 322 Å². The number of ether oxygens (including phenoxy) is 12. The number of aliphatic hydroxyl groups is 9. The summed E-state index contributed by atoms with van der Waals surface area (Å²) in [5.74, 6) is -1.49. The second kappa shape index (κ2) is 58.1. The molecule has 0 radical (unpaired) electrons. The second-order valence-corrected chi connectivity index (χ2v) is 33.5. The number of nitrogens with one attached hydrogen (secondary N) is 1. The van der Waals surface area contributed by atoms with Crippen molar-refractivity contribution in [3.63, 3.8) is 0 Å². The van der Waals surface area contributed by atoms with Crippen LogP contribution in [0.1, 0.15) is 157 Å². The molecule has 3 fully saturated rings. The summed E-state index contributed by atoms with van der Waals surface area (Å²) < 4.78 is 164. The third-order valence-corrected chi connectivity index (χ3v) is 21.8. The summed E-state index contributed by atoms with van der Waals surface area (Å²) in [6.45, 7) is 7.56. The standard InChI is InChI=1S/C67H133NO38P4/c1-7-53(44-87-25-20-32-91-49(2)3)45-88-26-21-37-102-110(85,86)103-48-67(95-33-24-40-101-109(83,84)98-36-18-12-9-15-30-93-65-51(5)59(74)61(76)55(42-70)105-65,46-89-27-22-38-99-107(79,80)96-34-17-11-8-14-29-92-64-50(4)58(73)60(75)54(41-69)104-64)47-90-28-23-39-100-108(81,82)97-35-19-13-10-16-31-94-66-57(68-52(6)72)63(78)62(77)56(43-71)106-66/h49-51,53-66,69-71,73-78H,7-48H2,1-6H3,(H,68,72)(H,79,80)(H,81,82)(H,83,84)(H,85,86)/t50?,51?,53?,54?,55?,56?,57?,58-,59-,60+,61+,62+,63-,64-,65-,66-,67?/m1/s1. The molecule has 43 heteroatoms. The first kappa shape index (κ1) is 103. The zero-order valence-electron chi connectivity index (χ0n) is 64.8. The van der Waals surface area contributed by atoms with Crippen LogP contribution in [-0.2, 0) is 116 Å². The molecular formula is C67H133NO38P4. The van der Waals surface area contributed by atoms with Crippen molar-refractivity contribution in [1.29, 1.82) is 0 Å². The van der Waals surface area contributed by atoms with E-state index in [1.807, 2.05) is 20.8 Å². The van der Waals surface area contributed by atoms with Gasteiger partial charge in [-0.25, -0.2) is 18.3 Å². The summed E-state index contributed by atoms with van der Waals surface area (Å²) in [6.07, 6.45) is -5.69. The van der Waals surface area contributed by atoms with Crippen molar-refractivity contribution < 1.29 is 182 Å². The molecule has 0 bridgehead atoms. The molecule has 3 saturated heterocycles. The smallest absolute Gasteiger partial charge is 0.394 e. The fourth-order valence-corrected chi connectivity index (χ4v) is 14.4. The Labute approximate surface area is 646 Å². The molecule has 0 aliphatic carbocycles. The zero-order valence-corrected chi connectivity index (χ0v) is 68.4. The van der Waals surface area contributed by atoms with Crippen LogP contribution in [0.2, 0.25) is 0 Å². The average molecular weight is 1680 g/mol. The van der Waals surface area contributed by atoms with E-state index in [0.29, 0.717) is 103 Å². The Morgan fingerprint density at radius 2 is 0.718 bits per heavy atom. The van der Waals surface area contributed by atoms with Crippen molar-refractivity contribution in [2.24, 2.45) is 17.8 Å². The number of aliphatic hydroxyl groups excluding tert-OH is 9. The van der Waals surface area contributed by atoms with Gasteiger partial charge < -0.3 is 128 Å². The molecule has 1 amide bonds. The summed E-state index contributed by atoms with van der Waals surface area (Å²) in [5.41, 5.74) is -1.79. The maximum atomic E-state index is 13.6. The van der Waals surface area contributed by atoms with Crippen molar-refractivity contribution in [2.75, 3.05) is 159 Å². The Kier molecular flexibility index (Phi) is 54.5. The highest BCUT2D eigenvalue weighted by atomic mass is 31.2. The predicted octanol–water partition coefficient (Wildman–Crippen LogP) is 3.57. The summed E-state index contributed by atoms with van der Waals surface area (Å²) in [5, 5.41) is 92.6. The van der Waals surface area contributed by atoms with E-state index in [1.165, 1.54) is 6.92 Å². The molecule has 0 aromatic heterocycles. The molecule has 0 aromatic rings. The van der Waals surface area contributed by atoms with Crippen molar-refractivity contribution >= 4 is 37.2 Å². The molecule has 14 N–H and O–H groups in total. The summed E-state index contributed by atoms with van der Waals surface area (Å²) in [7, 11) is -18.6. The first-order valence-electron chi connectivity index (χ1n) is 38.4. The minimum atomic E-state index is -4.89. The molecule has 3 heterocycles. The van der Waals surface area contributed by atoms with Crippen molar-refractivity contribution in [3.05, 3.63) is 0 Å². The molecule has 654 valence electrons. The van der Waals surface area contributed by atoms with Gasteiger partial charge in [-0.2, -0.15) is 0 Å². The van der Waals surface area contributed by atoms with E-state index in [4.69, 9.17) is 93.0 Å². The second-order valence-electron chi connectivity index (χ2n) is 27.6. The number of unbranched alkanes of at least 4 members (excludes halogenated alkanes) is 9. The van der Waals surface area contributed by atoms with Crippen LogP contribution in [0.15, 0.2) is 0 Å². The zero-order chi connectivity index (χ0) is 81.4. The summed E-state index contributed by atoms with van der Waals surface area (Å²) >= 11 is 0. The van der Waals surface area contributed by atoms with Gasteiger partial charge in [-0.3, -0.25) is 41.0 Å². The van der Waals surface area contributed by atoms with Gasteiger partial charge in [0, 0.05) is 84.1 Å². The Morgan fingerprint density at radius 3 is 1.08 bits per heavy atom. The van der Waals surface area contributed by atoms with E-state index in [9.17, 15) is 88.6 Å². The first-order valence-corrected chi connectivity index (χ1v) is 44.4. The Morgan fingerprint density at radius 1 is 0.400 bits per heavy atom. The maximum Gasteiger partial charge on any atom is 0.472 e. The quantitative estimate of drug-likeness (QED) is 0.0306. The Bertz CT molecular complexity index is 2550. The largest absolute Gasteiger partial charge is 0.472 e. The van der Waals surface area contributed by atoms with Gasteiger partial charge in [0.2, 0.25) is 5.91 Å². The lowest BCUT2D eigenvalue weighted by Gasteiger charge is -2.42. The van der Waals surface area contributed by atoms with Gasteiger partial charge in [-0.1, -0.05) is 59.3 Å². The van der Waals surface area contributed by atoms with Crippen LogP contribution >= 0.6 is 31.3 Å². The third kappa shape index (κ3) is 44.2. The molecule has 21 atom stereocenters. The van der Waals surface area contributed by atoms with Crippen molar-refractivity contribution in [3.8, 4) is 0 Å². The van der Waals surface area contributed by atoms with Crippen LogP contribution in [0.5, 0.6) is 0 Å². The van der Waals surface area contributed by atoms with E-state index < -0.39 is 181 Å². The van der Waals surface area contributed by atoms with E-state index in [0.717, 1.165) is 12.8 Å². The normalized spacial score (nSPS) is 27.8. The number of carbonyl (C=O) groups excluding carboxylic acids is 1. The number of rotatable bonds is 69. The van der Waals surface area contributed by atoms with Crippen LogP contribution in [0.25, 0.3) is 0 Å². The van der Waals surface area contributed by atoms with Gasteiger partial charge in [-0.15, -0.1) is 0 Å². The fourth-order valence-electron chi connectivity index (χ4n) is 11.2. The van der Waals surface area contributed by atoms with E-state index in [2.05, 4.69) is 5.32 Å². The van der Waals surface area contributed by atoms with E-state index >= 15 is 0 Å². The van der Waals surface area contributed by atoms with Gasteiger partial charge in [0.15, 0.2) is 18.9 Å². The van der Waals surface area contributed by atoms with Crippen LogP contribution in [0.4, 0.5) is 0 Å². The van der Waals surface area contributed by atoms with Gasteiger partial charge >= 0.3 is 31.3 Å². The molecular weight excluding hydrogens is 1550 g/mol. The van der Waals surface area contributed by atoms with E-state index in [-0.39, 0.29) is 124 Å². The minimum absolute atomic E-state index is 0.00235. The molecule has 0 aromatic carbocycles.